The molecule has 0 radical (unpaired) electrons. The molecule has 1 aromatic carbocycles. The summed E-state index contributed by atoms with van der Waals surface area (Å²) in [7, 11) is -3.42. The third-order valence-electron chi connectivity index (χ3n) is 2.17. The molecule has 0 spiro atoms. The van der Waals surface area contributed by atoms with E-state index in [2.05, 4.69) is 5.32 Å². The fraction of sp³-hybridized carbons (Fsp3) is 0.300. The lowest BCUT2D eigenvalue weighted by atomic mass is 10.1. The SMILES string of the molecule is NC(=S)c1cc(Cl)ccc1NCCCS(N)(=O)=O. The molecule has 1 rings (SSSR count). The zero-order valence-electron chi connectivity index (χ0n) is 9.52. The fourth-order valence-electron chi connectivity index (χ4n) is 1.37. The monoisotopic (exact) mass is 307 g/mol. The molecule has 100 valence electrons. The van der Waals surface area contributed by atoms with Crippen LogP contribution >= 0.6 is 23.8 Å². The largest absolute Gasteiger partial charge is 0.389 e. The Morgan fingerprint density at radius 1 is 1.44 bits per heavy atom. The van der Waals surface area contributed by atoms with Crippen molar-refractivity contribution in [2.75, 3.05) is 17.6 Å². The molecule has 18 heavy (non-hydrogen) atoms. The van der Waals surface area contributed by atoms with Crippen molar-refractivity contribution in [1.29, 1.82) is 0 Å². The molecule has 0 aliphatic carbocycles. The first-order valence-corrected chi connectivity index (χ1v) is 7.63. The van der Waals surface area contributed by atoms with Gasteiger partial charge in [-0.05, 0) is 24.6 Å². The maximum absolute atomic E-state index is 10.8. The minimum Gasteiger partial charge on any atom is -0.389 e. The molecule has 0 atom stereocenters. The third kappa shape index (κ3) is 5.18. The maximum atomic E-state index is 10.8. The molecule has 1 aromatic rings. The molecule has 0 heterocycles. The van der Waals surface area contributed by atoms with Crippen molar-refractivity contribution in [3.05, 3.63) is 28.8 Å². The van der Waals surface area contributed by atoms with Crippen LogP contribution in [0, 0.1) is 0 Å². The van der Waals surface area contributed by atoms with Crippen LogP contribution in [-0.4, -0.2) is 25.7 Å². The molecule has 0 fully saturated rings. The Balaban J connectivity index is 2.65. The van der Waals surface area contributed by atoms with Gasteiger partial charge in [0.15, 0.2) is 0 Å². The number of thiocarbonyl (C=S) groups is 1. The average Bonchev–Trinajstić information content (AvgIpc) is 2.24. The van der Waals surface area contributed by atoms with Crippen molar-refractivity contribution in [3.8, 4) is 0 Å². The number of hydrogen-bond donors (Lipinski definition) is 3. The molecule has 5 nitrogen and oxygen atoms in total. The predicted octanol–water partition coefficient (Wildman–Crippen LogP) is 1.06. The molecule has 0 aliphatic heterocycles. The van der Waals surface area contributed by atoms with Crippen LogP contribution in [0.2, 0.25) is 5.02 Å². The van der Waals surface area contributed by atoms with E-state index in [0.29, 0.717) is 23.6 Å². The Morgan fingerprint density at radius 3 is 2.67 bits per heavy atom. The number of sulfonamides is 1. The summed E-state index contributed by atoms with van der Waals surface area (Å²) in [5.74, 6) is -0.0734. The van der Waals surface area contributed by atoms with Gasteiger partial charge in [-0.1, -0.05) is 23.8 Å². The zero-order chi connectivity index (χ0) is 13.8. The summed E-state index contributed by atoms with van der Waals surface area (Å²) in [5, 5.41) is 8.48. The quantitative estimate of drug-likeness (QED) is 0.539. The minimum absolute atomic E-state index is 0.0734. The number of benzene rings is 1. The molecule has 0 saturated heterocycles. The second-order valence-corrected chi connectivity index (χ2v) is 6.31. The second kappa shape index (κ2) is 6.33. The summed E-state index contributed by atoms with van der Waals surface area (Å²) in [6.07, 6.45) is 0.401. The first-order chi connectivity index (χ1) is 8.29. The van der Waals surface area contributed by atoms with E-state index in [1.165, 1.54) is 0 Å². The Morgan fingerprint density at radius 2 is 2.11 bits per heavy atom. The van der Waals surface area contributed by atoms with E-state index in [-0.39, 0.29) is 10.7 Å². The van der Waals surface area contributed by atoms with Crippen LogP contribution in [0.1, 0.15) is 12.0 Å². The molecule has 0 unspecified atom stereocenters. The molecule has 0 amide bonds. The maximum Gasteiger partial charge on any atom is 0.209 e. The molecule has 5 N–H and O–H groups in total. The van der Waals surface area contributed by atoms with Gasteiger partial charge in [-0.25, -0.2) is 13.6 Å². The summed E-state index contributed by atoms with van der Waals surface area (Å²) in [6, 6.07) is 5.10. The number of halogens is 1. The summed E-state index contributed by atoms with van der Waals surface area (Å²) in [4.78, 5) is 0.228. The van der Waals surface area contributed by atoms with E-state index in [1.807, 2.05) is 0 Å². The summed E-state index contributed by atoms with van der Waals surface area (Å²) >= 11 is 10.8. The highest BCUT2D eigenvalue weighted by molar-refractivity contribution is 7.89. The van der Waals surface area contributed by atoms with E-state index in [0.717, 1.165) is 5.69 Å². The van der Waals surface area contributed by atoms with Crippen molar-refractivity contribution in [2.45, 2.75) is 6.42 Å². The molecule has 0 aliphatic rings. The number of nitrogens with two attached hydrogens (primary N) is 2. The van der Waals surface area contributed by atoms with Gasteiger partial charge in [-0.2, -0.15) is 0 Å². The number of nitrogens with one attached hydrogen (secondary N) is 1. The molecular formula is C10H14ClN3O2S2. The van der Waals surface area contributed by atoms with Crippen LogP contribution in [-0.2, 0) is 10.0 Å². The lowest BCUT2D eigenvalue weighted by molar-refractivity contribution is 0.596. The summed E-state index contributed by atoms with van der Waals surface area (Å²) < 4.78 is 21.5. The van der Waals surface area contributed by atoms with Gasteiger partial charge in [0.25, 0.3) is 0 Å². The third-order valence-corrected chi connectivity index (χ3v) is 3.48. The van der Waals surface area contributed by atoms with Crippen LogP contribution in [0.3, 0.4) is 0 Å². The van der Waals surface area contributed by atoms with Crippen LogP contribution in [0.15, 0.2) is 18.2 Å². The Bertz CT molecular complexity index is 546. The molecule has 0 saturated carbocycles. The zero-order valence-corrected chi connectivity index (χ0v) is 11.9. The fourth-order valence-corrected chi connectivity index (χ4v) is 2.26. The minimum atomic E-state index is -3.42. The van der Waals surface area contributed by atoms with Crippen molar-refractivity contribution in [2.24, 2.45) is 10.9 Å². The Kier molecular flexibility index (Phi) is 5.33. The Labute approximate surface area is 117 Å². The van der Waals surface area contributed by atoms with Gasteiger partial charge in [0, 0.05) is 22.8 Å². The first kappa shape index (κ1) is 15.2. The van der Waals surface area contributed by atoms with E-state index < -0.39 is 10.0 Å². The van der Waals surface area contributed by atoms with Gasteiger partial charge in [0.2, 0.25) is 10.0 Å². The lowest BCUT2D eigenvalue weighted by Crippen LogP contribution is -2.19. The number of rotatable bonds is 6. The van der Waals surface area contributed by atoms with Crippen LogP contribution < -0.4 is 16.2 Å². The van der Waals surface area contributed by atoms with Gasteiger partial charge in [0.1, 0.15) is 4.99 Å². The van der Waals surface area contributed by atoms with Gasteiger partial charge in [0.05, 0.1) is 5.75 Å². The summed E-state index contributed by atoms with van der Waals surface area (Å²) in [6.45, 7) is 0.452. The topological polar surface area (TPSA) is 98.2 Å². The molecule has 8 heteroatoms. The summed E-state index contributed by atoms with van der Waals surface area (Å²) in [5.41, 5.74) is 6.93. The highest BCUT2D eigenvalue weighted by atomic mass is 35.5. The van der Waals surface area contributed by atoms with Crippen molar-refractivity contribution >= 4 is 44.5 Å². The molecule has 0 bridgehead atoms. The van der Waals surface area contributed by atoms with E-state index in [4.69, 9.17) is 34.7 Å². The number of primary sulfonamides is 1. The highest BCUT2D eigenvalue weighted by Gasteiger charge is 2.06. The standard InChI is InChI=1S/C10H14ClN3O2S2/c11-7-2-3-9(8(6-7)10(12)17)14-4-1-5-18(13,15)16/h2-3,6,14H,1,4-5H2,(H2,12,17)(H2,13,15,16). The van der Waals surface area contributed by atoms with Gasteiger partial charge in [-0.15, -0.1) is 0 Å². The van der Waals surface area contributed by atoms with Gasteiger partial charge < -0.3 is 11.1 Å². The Hall–Kier alpha value is -0.890. The average molecular weight is 308 g/mol. The van der Waals surface area contributed by atoms with E-state index in [1.54, 1.807) is 18.2 Å². The molecule has 0 aromatic heterocycles. The van der Waals surface area contributed by atoms with Crippen molar-refractivity contribution in [1.82, 2.24) is 0 Å². The van der Waals surface area contributed by atoms with Crippen molar-refractivity contribution in [3.63, 3.8) is 0 Å². The normalized spacial score (nSPS) is 11.2. The van der Waals surface area contributed by atoms with E-state index >= 15 is 0 Å². The number of hydrogen-bond acceptors (Lipinski definition) is 4. The lowest BCUT2D eigenvalue weighted by Gasteiger charge is -2.11. The van der Waals surface area contributed by atoms with Gasteiger partial charge in [-0.3, -0.25) is 0 Å². The second-order valence-electron chi connectivity index (χ2n) is 3.70. The van der Waals surface area contributed by atoms with Crippen LogP contribution in [0.5, 0.6) is 0 Å². The predicted molar refractivity (Wildman–Crippen MR) is 78.4 cm³/mol. The number of anilines is 1. The van der Waals surface area contributed by atoms with Crippen LogP contribution in [0.4, 0.5) is 5.69 Å². The van der Waals surface area contributed by atoms with E-state index in [9.17, 15) is 8.42 Å². The van der Waals surface area contributed by atoms with Crippen molar-refractivity contribution < 1.29 is 8.42 Å². The highest BCUT2D eigenvalue weighted by Crippen LogP contribution is 2.20. The molecular weight excluding hydrogens is 294 g/mol. The van der Waals surface area contributed by atoms with Crippen LogP contribution in [0.25, 0.3) is 0 Å². The smallest absolute Gasteiger partial charge is 0.209 e. The van der Waals surface area contributed by atoms with Gasteiger partial charge >= 0.3 is 0 Å². The first-order valence-electron chi connectivity index (χ1n) is 5.13.